The third-order valence-corrected chi connectivity index (χ3v) is 3.07. The van der Waals surface area contributed by atoms with E-state index in [0.717, 1.165) is 10.2 Å². The zero-order valence-electron chi connectivity index (χ0n) is 9.52. The van der Waals surface area contributed by atoms with Gasteiger partial charge < -0.3 is 19.8 Å². The SMILES string of the molecule is OC(CNc1cccc(Br)c1)Cc1c[nH]c(=S)o1. The van der Waals surface area contributed by atoms with E-state index in [2.05, 4.69) is 26.2 Å². The summed E-state index contributed by atoms with van der Waals surface area (Å²) in [6.07, 6.45) is 1.57. The highest BCUT2D eigenvalue weighted by Crippen LogP contribution is 2.15. The fourth-order valence-corrected chi connectivity index (χ4v) is 2.12. The summed E-state index contributed by atoms with van der Waals surface area (Å²) in [4.78, 5) is 3.10. The molecule has 0 bridgehead atoms. The second-order valence-electron chi connectivity index (χ2n) is 3.89. The second-order valence-corrected chi connectivity index (χ2v) is 5.18. The predicted molar refractivity (Wildman–Crippen MR) is 76.2 cm³/mol. The summed E-state index contributed by atoms with van der Waals surface area (Å²) in [5.41, 5.74) is 0.957. The zero-order valence-corrected chi connectivity index (χ0v) is 11.9. The summed E-state index contributed by atoms with van der Waals surface area (Å²) in [7, 11) is 0. The minimum absolute atomic E-state index is 0.331. The molecule has 1 heterocycles. The maximum absolute atomic E-state index is 9.86. The lowest BCUT2D eigenvalue weighted by atomic mass is 10.2. The van der Waals surface area contributed by atoms with Crippen molar-refractivity contribution < 1.29 is 9.52 Å². The van der Waals surface area contributed by atoms with Crippen LogP contribution in [0.3, 0.4) is 0 Å². The molecule has 3 N–H and O–H groups in total. The molecule has 1 unspecified atom stereocenters. The molecule has 96 valence electrons. The van der Waals surface area contributed by atoms with E-state index >= 15 is 0 Å². The van der Waals surface area contributed by atoms with E-state index in [9.17, 15) is 5.11 Å². The average Bonchev–Trinajstić information content (AvgIpc) is 2.72. The number of hydrogen-bond acceptors (Lipinski definition) is 4. The van der Waals surface area contributed by atoms with Gasteiger partial charge in [0.25, 0.3) is 4.84 Å². The molecule has 2 rings (SSSR count). The molecule has 0 aliphatic carbocycles. The number of aliphatic hydroxyl groups excluding tert-OH is 1. The van der Waals surface area contributed by atoms with Gasteiger partial charge in [-0.3, -0.25) is 0 Å². The van der Waals surface area contributed by atoms with Crippen LogP contribution in [0.5, 0.6) is 0 Å². The van der Waals surface area contributed by atoms with Crippen LogP contribution in [0.2, 0.25) is 0 Å². The summed E-state index contributed by atoms with van der Waals surface area (Å²) in [5, 5.41) is 13.0. The summed E-state index contributed by atoms with van der Waals surface area (Å²) in [5.74, 6) is 0.656. The maximum atomic E-state index is 9.86. The molecule has 0 spiro atoms. The highest BCUT2D eigenvalue weighted by Gasteiger charge is 2.08. The molecule has 0 aliphatic rings. The number of halogens is 1. The van der Waals surface area contributed by atoms with Crippen molar-refractivity contribution in [2.45, 2.75) is 12.5 Å². The monoisotopic (exact) mass is 328 g/mol. The Bertz CT molecular complexity index is 567. The smallest absolute Gasteiger partial charge is 0.266 e. The van der Waals surface area contributed by atoms with E-state index in [4.69, 9.17) is 16.6 Å². The lowest BCUT2D eigenvalue weighted by Crippen LogP contribution is -2.21. The molecular weight excluding hydrogens is 316 g/mol. The quantitative estimate of drug-likeness (QED) is 0.738. The Labute approximate surface area is 118 Å². The van der Waals surface area contributed by atoms with E-state index in [-0.39, 0.29) is 0 Å². The van der Waals surface area contributed by atoms with Gasteiger partial charge in [-0.05, 0) is 30.4 Å². The van der Waals surface area contributed by atoms with Crippen LogP contribution >= 0.6 is 28.1 Å². The van der Waals surface area contributed by atoms with Crippen molar-refractivity contribution in [3.8, 4) is 0 Å². The van der Waals surface area contributed by atoms with Crippen LogP contribution in [0.1, 0.15) is 5.76 Å². The molecular formula is C12H13BrN2O2S. The topological polar surface area (TPSA) is 61.2 Å². The highest BCUT2D eigenvalue weighted by molar-refractivity contribution is 9.10. The van der Waals surface area contributed by atoms with Gasteiger partial charge in [0, 0.05) is 29.3 Å². The predicted octanol–water partition coefficient (Wildman–Crippen LogP) is 3.12. The molecule has 0 saturated carbocycles. The third-order valence-electron chi connectivity index (χ3n) is 2.38. The zero-order chi connectivity index (χ0) is 13.0. The molecule has 0 saturated heterocycles. The Morgan fingerprint density at radius 1 is 1.50 bits per heavy atom. The molecule has 1 aromatic heterocycles. The summed E-state index contributed by atoms with van der Waals surface area (Å²) >= 11 is 8.21. The first-order valence-corrected chi connectivity index (χ1v) is 6.68. The number of oxazole rings is 1. The molecule has 0 radical (unpaired) electrons. The summed E-state index contributed by atoms with van der Waals surface area (Å²) in [6.45, 7) is 0.448. The Kier molecular flexibility index (Phi) is 4.57. The fraction of sp³-hybridized carbons (Fsp3) is 0.250. The molecule has 6 heteroatoms. The number of aromatic amines is 1. The van der Waals surface area contributed by atoms with Crippen LogP contribution in [-0.2, 0) is 6.42 Å². The van der Waals surface area contributed by atoms with Crippen molar-refractivity contribution in [2.24, 2.45) is 0 Å². The number of aromatic nitrogens is 1. The Morgan fingerprint density at radius 2 is 2.33 bits per heavy atom. The van der Waals surface area contributed by atoms with Crippen molar-refractivity contribution in [2.75, 3.05) is 11.9 Å². The van der Waals surface area contributed by atoms with Gasteiger partial charge in [-0.15, -0.1) is 0 Å². The molecule has 2 aromatic rings. The number of hydrogen-bond donors (Lipinski definition) is 3. The molecule has 1 aromatic carbocycles. The summed E-state index contributed by atoms with van der Waals surface area (Å²) < 4.78 is 6.19. The van der Waals surface area contributed by atoms with Crippen LogP contribution in [0.15, 0.2) is 39.4 Å². The van der Waals surface area contributed by atoms with E-state index in [0.29, 0.717) is 23.6 Å². The van der Waals surface area contributed by atoms with Crippen LogP contribution in [0.4, 0.5) is 5.69 Å². The van der Waals surface area contributed by atoms with Gasteiger partial charge in [0.1, 0.15) is 5.76 Å². The normalized spacial score (nSPS) is 12.3. The largest absolute Gasteiger partial charge is 0.435 e. The van der Waals surface area contributed by atoms with Gasteiger partial charge in [-0.25, -0.2) is 0 Å². The number of nitrogens with one attached hydrogen (secondary N) is 2. The molecule has 4 nitrogen and oxygen atoms in total. The number of aliphatic hydroxyl groups is 1. The summed E-state index contributed by atoms with van der Waals surface area (Å²) in [6, 6.07) is 7.78. The van der Waals surface area contributed by atoms with Gasteiger partial charge in [-0.1, -0.05) is 22.0 Å². The molecule has 0 fully saturated rings. The minimum atomic E-state index is -0.530. The first-order valence-electron chi connectivity index (χ1n) is 5.48. The molecule has 18 heavy (non-hydrogen) atoms. The Morgan fingerprint density at radius 3 is 3.00 bits per heavy atom. The van der Waals surface area contributed by atoms with Crippen molar-refractivity contribution >= 4 is 33.8 Å². The Balaban J connectivity index is 1.85. The maximum Gasteiger partial charge on any atom is 0.266 e. The second kappa shape index (κ2) is 6.17. The van der Waals surface area contributed by atoms with Crippen molar-refractivity contribution in [3.63, 3.8) is 0 Å². The van der Waals surface area contributed by atoms with Crippen molar-refractivity contribution in [1.82, 2.24) is 4.98 Å². The van der Waals surface area contributed by atoms with E-state index in [1.165, 1.54) is 0 Å². The van der Waals surface area contributed by atoms with Gasteiger partial charge in [0.05, 0.1) is 6.10 Å². The van der Waals surface area contributed by atoms with Gasteiger partial charge >= 0.3 is 0 Å². The van der Waals surface area contributed by atoms with Gasteiger partial charge in [-0.2, -0.15) is 0 Å². The van der Waals surface area contributed by atoms with Crippen LogP contribution in [0.25, 0.3) is 0 Å². The van der Waals surface area contributed by atoms with Crippen LogP contribution in [0, 0.1) is 4.84 Å². The first-order chi connectivity index (χ1) is 8.63. The third kappa shape index (κ3) is 3.97. The van der Waals surface area contributed by atoms with Crippen LogP contribution < -0.4 is 5.32 Å². The molecule has 0 aliphatic heterocycles. The average molecular weight is 329 g/mol. The Hall–Kier alpha value is -1.11. The van der Waals surface area contributed by atoms with E-state index in [1.807, 2.05) is 24.3 Å². The number of benzene rings is 1. The first kappa shape index (κ1) is 13.3. The lowest BCUT2D eigenvalue weighted by Gasteiger charge is -2.11. The molecule has 0 amide bonds. The van der Waals surface area contributed by atoms with Crippen molar-refractivity contribution in [3.05, 3.63) is 45.5 Å². The fourth-order valence-electron chi connectivity index (χ4n) is 1.56. The molecule has 1 atom stereocenters. The number of rotatable bonds is 5. The van der Waals surface area contributed by atoms with E-state index < -0.39 is 6.10 Å². The standard InChI is InChI=1S/C12H13BrN2O2S/c13-8-2-1-3-9(4-8)14-6-10(16)5-11-7-15-12(18)17-11/h1-4,7,10,14,16H,5-6H2,(H,15,18). The number of H-pyrrole nitrogens is 1. The number of anilines is 1. The van der Waals surface area contributed by atoms with E-state index in [1.54, 1.807) is 6.20 Å². The lowest BCUT2D eigenvalue weighted by molar-refractivity contribution is 0.180. The van der Waals surface area contributed by atoms with Crippen LogP contribution in [-0.4, -0.2) is 22.7 Å². The minimum Gasteiger partial charge on any atom is -0.435 e. The van der Waals surface area contributed by atoms with Gasteiger partial charge in [0.2, 0.25) is 0 Å². The highest BCUT2D eigenvalue weighted by atomic mass is 79.9. The van der Waals surface area contributed by atoms with Crippen molar-refractivity contribution in [1.29, 1.82) is 0 Å². The van der Waals surface area contributed by atoms with Gasteiger partial charge in [0.15, 0.2) is 0 Å².